The van der Waals surface area contributed by atoms with Crippen molar-refractivity contribution < 1.29 is 18.0 Å². The van der Waals surface area contributed by atoms with Gasteiger partial charge in [0.2, 0.25) is 5.95 Å². The average Bonchev–Trinajstić information content (AvgIpc) is 1.99. The van der Waals surface area contributed by atoms with Crippen LogP contribution < -0.4 is 5.32 Å². The molecular weight excluding hydrogens is 258 g/mol. The predicted octanol–water partition coefficient (Wildman–Crippen LogP) is 2.28. The molecule has 1 heterocycles. The lowest BCUT2D eigenvalue weighted by Gasteiger charge is -2.06. The molecule has 0 bridgehead atoms. The van der Waals surface area contributed by atoms with Crippen LogP contribution in [0.25, 0.3) is 0 Å². The molecule has 1 rings (SSSR count). The van der Waals surface area contributed by atoms with Gasteiger partial charge in [0.25, 0.3) is 0 Å². The summed E-state index contributed by atoms with van der Waals surface area (Å²) in [5, 5.41) is 1.06. The molecule has 1 amide bonds. The van der Waals surface area contributed by atoms with Gasteiger partial charge >= 0.3 is 12.1 Å². The van der Waals surface area contributed by atoms with Crippen LogP contribution >= 0.6 is 23.2 Å². The highest BCUT2D eigenvalue weighted by atomic mass is 35.5. The summed E-state index contributed by atoms with van der Waals surface area (Å²) in [6.07, 6.45) is -5.02. The Morgan fingerprint density at radius 1 is 1.27 bits per heavy atom. The van der Waals surface area contributed by atoms with Gasteiger partial charge in [-0.2, -0.15) is 13.2 Å². The van der Waals surface area contributed by atoms with Gasteiger partial charge in [-0.3, -0.25) is 10.1 Å². The molecule has 15 heavy (non-hydrogen) atoms. The number of carbonyl (C=O) groups is 1. The van der Waals surface area contributed by atoms with E-state index in [4.69, 9.17) is 23.2 Å². The van der Waals surface area contributed by atoms with E-state index in [1.807, 2.05) is 0 Å². The third-order valence-corrected chi connectivity index (χ3v) is 1.53. The topological polar surface area (TPSA) is 54.9 Å². The van der Waals surface area contributed by atoms with E-state index < -0.39 is 18.0 Å². The average molecular weight is 260 g/mol. The van der Waals surface area contributed by atoms with Crippen LogP contribution in [0.5, 0.6) is 0 Å². The van der Waals surface area contributed by atoms with Crippen molar-refractivity contribution in [3.63, 3.8) is 0 Å². The van der Waals surface area contributed by atoms with E-state index in [0.29, 0.717) is 0 Å². The molecule has 0 radical (unpaired) electrons. The van der Waals surface area contributed by atoms with E-state index in [0.717, 1.165) is 6.07 Å². The number of hydrogen-bond acceptors (Lipinski definition) is 3. The second-order valence-corrected chi connectivity index (χ2v) is 3.06. The Morgan fingerprint density at radius 3 is 2.13 bits per heavy atom. The molecule has 0 unspecified atom stereocenters. The standard InChI is InChI=1S/C6H2Cl2F3N3O/c7-2-1-3(8)13-5(12-2)14-4(15)6(9,10)11/h1H,(H,12,13,14,15). The monoisotopic (exact) mass is 259 g/mol. The summed E-state index contributed by atoms with van der Waals surface area (Å²) in [6.45, 7) is 0. The molecule has 0 aliphatic carbocycles. The largest absolute Gasteiger partial charge is 0.471 e. The molecule has 0 atom stereocenters. The Labute approximate surface area is 91.4 Å². The van der Waals surface area contributed by atoms with E-state index in [-0.39, 0.29) is 10.3 Å². The minimum Gasteiger partial charge on any atom is -0.287 e. The number of halogens is 5. The minimum atomic E-state index is -5.02. The van der Waals surface area contributed by atoms with Gasteiger partial charge in [0.15, 0.2) is 0 Å². The van der Waals surface area contributed by atoms with Crippen LogP contribution in [0, 0.1) is 0 Å². The zero-order valence-corrected chi connectivity index (χ0v) is 8.28. The highest BCUT2D eigenvalue weighted by molar-refractivity contribution is 6.33. The van der Waals surface area contributed by atoms with Crippen molar-refractivity contribution in [2.24, 2.45) is 0 Å². The molecule has 0 spiro atoms. The van der Waals surface area contributed by atoms with Crippen molar-refractivity contribution in [3.05, 3.63) is 16.4 Å². The first-order chi connectivity index (χ1) is 6.79. The molecule has 0 saturated carbocycles. The van der Waals surface area contributed by atoms with Gasteiger partial charge in [0.05, 0.1) is 0 Å². The second-order valence-electron chi connectivity index (χ2n) is 2.29. The molecule has 4 nitrogen and oxygen atoms in total. The van der Waals surface area contributed by atoms with Gasteiger partial charge < -0.3 is 0 Å². The predicted molar refractivity (Wildman–Crippen MR) is 46.7 cm³/mol. The lowest BCUT2D eigenvalue weighted by Crippen LogP contribution is -2.30. The molecule has 82 valence electrons. The number of anilines is 1. The van der Waals surface area contributed by atoms with Crippen molar-refractivity contribution in [2.45, 2.75) is 6.18 Å². The Hall–Kier alpha value is -1.08. The second kappa shape index (κ2) is 4.19. The van der Waals surface area contributed by atoms with Gasteiger partial charge in [-0.15, -0.1) is 0 Å². The van der Waals surface area contributed by atoms with E-state index >= 15 is 0 Å². The minimum absolute atomic E-state index is 0.174. The summed E-state index contributed by atoms with van der Waals surface area (Å²) in [7, 11) is 0. The van der Waals surface area contributed by atoms with E-state index in [1.54, 1.807) is 0 Å². The lowest BCUT2D eigenvalue weighted by molar-refractivity contribution is -0.167. The summed E-state index contributed by atoms with van der Waals surface area (Å²) in [6, 6.07) is 1.12. The Balaban J connectivity index is 2.86. The van der Waals surface area contributed by atoms with E-state index in [1.165, 1.54) is 5.32 Å². The summed E-state index contributed by atoms with van der Waals surface area (Å²) in [5.74, 6) is -2.80. The maximum Gasteiger partial charge on any atom is 0.471 e. The first kappa shape index (κ1) is 12.0. The molecular formula is C6H2Cl2F3N3O. The molecule has 9 heteroatoms. The first-order valence-corrected chi connectivity index (χ1v) is 4.13. The van der Waals surface area contributed by atoms with Gasteiger partial charge in [-0.05, 0) is 0 Å². The fourth-order valence-corrected chi connectivity index (χ4v) is 1.04. The highest BCUT2D eigenvalue weighted by Gasteiger charge is 2.39. The SMILES string of the molecule is O=C(Nc1nc(Cl)cc(Cl)n1)C(F)(F)F. The summed E-state index contributed by atoms with van der Waals surface area (Å²) < 4.78 is 35.4. The highest BCUT2D eigenvalue weighted by Crippen LogP contribution is 2.18. The van der Waals surface area contributed by atoms with Crippen LogP contribution in [0.1, 0.15) is 0 Å². The molecule has 1 aromatic rings. The number of amides is 1. The van der Waals surface area contributed by atoms with Crippen molar-refractivity contribution in [1.29, 1.82) is 0 Å². The van der Waals surface area contributed by atoms with Gasteiger partial charge in [0, 0.05) is 6.07 Å². The number of carbonyl (C=O) groups excluding carboxylic acids is 1. The first-order valence-electron chi connectivity index (χ1n) is 3.37. The lowest BCUT2D eigenvalue weighted by atomic mass is 10.6. The van der Waals surface area contributed by atoms with Crippen molar-refractivity contribution in [3.8, 4) is 0 Å². The van der Waals surface area contributed by atoms with Crippen LogP contribution in [0.2, 0.25) is 10.3 Å². The molecule has 0 aliphatic heterocycles. The number of aromatic nitrogens is 2. The molecule has 0 aliphatic rings. The number of rotatable bonds is 1. The Morgan fingerprint density at radius 2 is 1.73 bits per heavy atom. The molecule has 0 saturated heterocycles. The molecule has 1 N–H and O–H groups in total. The third kappa shape index (κ3) is 3.52. The molecule has 0 fully saturated rings. The molecule has 0 aromatic carbocycles. The summed E-state index contributed by atoms with van der Waals surface area (Å²) in [4.78, 5) is 17.1. The van der Waals surface area contributed by atoms with Crippen molar-refractivity contribution in [2.75, 3.05) is 5.32 Å². The van der Waals surface area contributed by atoms with Crippen LogP contribution in [-0.4, -0.2) is 22.1 Å². The van der Waals surface area contributed by atoms with Crippen LogP contribution in [0.4, 0.5) is 19.1 Å². The quantitative estimate of drug-likeness (QED) is 0.788. The fraction of sp³-hybridized carbons (Fsp3) is 0.167. The maximum absolute atomic E-state index is 11.8. The van der Waals surface area contributed by atoms with Crippen LogP contribution in [0.15, 0.2) is 6.07 Å². The van der Waals surface area contributed by atoms with E-state index in [2.05, 4.69) is 9.97 Å². The van der Waals surface area contributed by atoms with E-state index in [9.17, 15) is 18.0 Å². The zero-order valence-electron chi connectivity index (χ0n) is 6.77. The maximum atomic E-state index is 11.8. The zero-order chi connectivity index (χ0) is 11.6. The molecule has 1 aromatic heterocycles. The number of nitrogens with zero attached hydrogens (tertiary/aromatic N) is 2. The Kier molecular flexibility index (Phi) is 3.35. The normalized spacial score (nSPS) is 11.3. The smallest absolute Gasteiger partial charge is 0.287 e. The number of hydrogen-bond donors (Lipinski definition) is 1. The third-order valence-electron chi connectivity index (χ3n) is 1.15. The Bertz CT molecular complexity index is 375. The van der Waals surface area contributed by atoms with Crippen LogP contribution in [0.3, 0.4) is 0 Å². The summed E-state index contributed by atoms with van der Waals surface area (Å²) >= 11 is 10.8. The van der Waals surface area contributed by atoms with Crippen molar-refractivity contribution in [1.82, 2.24) is 9.97 Å². The fourth-order valence-electron chi connectivity index (χ4n) is 0.618. The van der Waals surface area contributed by atoms with Crippen molar-refractivity contribution >= 4 is 35.1 Å². The van der Waals surface area contributed by atoms with Gasteiger partial charge in [0.1, 0.15) is 10.3 Å². The number of nitrogens with one attached hydrogen (secondary N) is 1. The number of alkyl halides is 3. The van der Waals surface area contributed by atoms with Crippen LogP contribution in [-0.2, 0) is 4.79 Å². The van der Waals surface area contributed by atoms with Gasteiger partial charge in [-0.1, -0.05) is 23.2 Å². The summed E-state index contributed by atoms with van der Waals surface area (Å²) in [5.41, 5.74) is 0. The van der Waals surface area contributed by atoms with Gasteiger partial charge in [-0.25, -0.2) is 9.97 Å².